The first kappa shape index (κ1) is 18.4. The van der Waals surface area contributed by atoms with Gasteiger partial charge in [0.05, 0.1) is 6.42 Å². The molecule has 0 aliphatic heterocycles. The molecule has 0 unspecified atom stereocenters. The maximum atomic E-state index is 10.4. The molecule has 0 aliphatic carbocycles. The number of benzene rings is 1. The summed E-state index contributed by atoms with van der Waals surface area (Å²) in [6.07, 6.45) is 0.334. The fraction of sp³-hybridized carbons (Fsp3) is 0.125. The van der Waals surface area contributed by atoms with Gasteiger partial charge in [0.25, 0.3) is 0 Å². The molecule has 0 atom stereocenters. The summed E-state index contributed by atoms with van der Waals surface area (Å²) in [4.78, 5) is 10.4. The molecule has 0 aliphatic rings. The minimum atomic E-state index is -0.286. The Morgan fingerprint density at radius 1 is 1.08 bits per heavy atom. The number of amides is 1. The predicted octanol–water partition coefficient (Wildman–Crippen LogP) is 1.98. The van der Waals surface area contributed by atoms with Gasteiger partial charge < -0.3 is 5.73 Å². The molecule has 0 bridgehead atoms. The minimum absolute atomic E-state index is 0. The number of nitrogens with two attached hydrogens (primary N) is 1. The highest BCUT2D eigenvalue weighted by atomic mass is 35.5. The molecule has 2 N–H and O–H groups in total. The first-order chi connectivity index (χ1) is 4.79. The number of hydrogen-bond donors (Lipinski definition) is 1. The van der Waals surface area contributed by atoms with Gasteiger partial charge in [-0.2, -0.15) is 0 Å². The van der Waals surface area contributed by atoms with E-state index in [2.05, 4.69) is 0 Å². The van der Waals surface area contributed by atoms with Gasteiger partial charge >= 0.3 is 0 Å². The predicted molar refractivity (Wildman–Crippen MR) is 61.1 cm³/mol. The maximum Gasteiger partial charge on any atom is 0.221 e. The topological polar surface area (TPSA) is 43.1 Å². The van der Waals surface area contributed by atoms with Crippen molar-refractivity contribution in [3.8, 4) is 0 Å². The van der Waals surface area contributed by atoms with Gasteiger partial charge in [-0.15, -0.1) is 37.2 Å². The van der Waals surface area contributed by atoms with E-state index in [1.807, 2.05) is 30.3 Å². The van der Waals surface area contributed by atoms with E-state index in [1.165, 1.54) is 0 Å². The Morgan fingerprint density at radius 3 is 1.92 bits per heavy atom. The summed E-state index contributed by atoms with van der Waals surface area (Å²) in [6.45, 7) is 0. The summed E-state index contributed by atoms with van der Waals surface area (Å²) in [5, 5.41) is 0. The van der Waals surface area contributed by atoms with Crippen LogP contribution in [0.3, 0.4) is 0 Å². The molecule has 1 rings (SSSR count). The number of halogens is 3. The smallest absolute Gasteiger partial charge is 0.221 e. The third kappa shape index (κ3) is 7.91. The van der Waals surface area contributed by atoms with Gasteiger partial charge in [0.15, 0.2) is 0 Å². The van der Waals surface area contributed by atoms with Crippen LogP contribution in [0.1, 0.15) is 5.56 Å². The van der Waals surface area contributed by atoms with Crippen LogP contribution in [-0.4, -0.2) is 5.91 Å². The molecule has 1 aromatic carbocycles. The highest BCUT2D eigenvalue weighted by molar-refractivity contribution is 5.86. The van der Waals surface area contributed by atoms with Crippen molar-refractivity contribution in [3.63, 3.8) is 0 Å². The molecule has 5 heteroatoms. The van der Waals surface area contributed by atoms with Crippen molar-refractivity contribution in [2.24, 2.45) is 5.73 Å². The quantitative estimate of drug-likeness (QED) is 0.849. The molecule has 0 fully saturated rings. The summed E-state index contributed by atoms with van der Waals surface area (Å²) in [5.41, 5.74) is 5.95. The van der Waals surface area contributed by atoms with Gasteiger partial charge in [-0.25, -0.2) is 0 Å². The van der Waals surface area contributed by atoms with Crippen molar-refractivity contribution in [2.45, 2.75) is 6.42 Å². The number of hydrogen-bond acceptors (Lipinski definition) is 1. The van der Waals surface area contributed by atoms with E-state index in [4.69, 9.17) is 5.73 Å². The van der Waals surface area contributed by atoms with E-state index >= 15 is 0 Å². The largest absolute Gasteiger partial charge is 0.369 e. The van der Waals surface area contributed by atoms with Gasteiger partial charge in [0, 0.05) is 0 Å². The van der Waals surface area contributed by atoms with Crippen molar-refractivity contribution in [1.82, 2.24) is 0 Å². The molecule has 1 aromatic rings. The monoisotopic (exact) mass is 243 g/mol. The second kappa shape index (κ2) is 9.65. The molecule has 0 saturated carbocycles. The third-order valence-corrected chi connectivity index (χ3v) is 1.22. The van der Waals surface area contributed by atoms with Crippen LogP contribution < -0.4 is 5.73 Å². The summed E-state index contributed by atoms with van der Waals surface area (Å²) < 4.78 is 0. The minimum Gasteiger partial charge on any atom is -0.369 e. The van der Waals surface area contributed by atoms with E-state index in [0.29, 0.717) is 6.42 Å². The molecule has 0 spiro atoms. The fourth-order valence-electron chi connectivity index (χ4n) is 0.797. The van der Waals surface area contributed by atoms with Crippen LogP contribution in [0.25, 0.3) is 0 Å². The number of primary amides is 1. The third-order valence-electron chi connectivity index (χ3n) is 1.22. The lowest BCUT2D eigenvalue weighted by molar-refractivity contribution is -0.117. The molecule has 76 valence electrons. The molecule has 2 nitrogen and oxygen atoms in total. The number of carbonyl (C=O) groups is 1. The van der Waals surface area contributed by atoms with Gasteiger partial charge in [-0.05, 0) is 5.56 Å². The lowest BCUT2D eigenvalue weighted by atomic mass is 10.1. The summed E-state index contributed by atoms with van der Waals surface area (Å²) >= 11 is 0. The van der Waals surface area contributed by atoms with Gasteiger partial charge in [0.2, 0.25) is 5.91 Å². The molecular weight excluding hydrogens is 232 g/mol. The summed E-state index contributed by atoms with van der Waals surface area (Å²) in [5.74, 6) is -0.286. The van der Waals surface area contributed by atoms with Crippen molar-refractivity contribution < 1.29 is 4.79 Å². The average molecular weight is 245 g/mol. The first-order valence-corrected chi connectivity index (χ1v) is 3.11. The zero-order chi connectivity index (χ0) is 7.40. The van der Waals surface area contributed by atoms with Crippen LogP contribution in [0.2, 0.25) is 0 Å². The van der Waals surface area contributed by atoms with E-state index in [1.54, 1.807) is 0 Å². The van der Waals surface area contributed by atoms with Gasteiger partial charge in [-0.1, -0.05) is 30.3 Å². The Bertz CT molecular complexity index is 228. The number of rotatable bonds is 2. The van der Waals surface area contributed by atoms with Crippen LogP contribution in [-0.2, 0) is 11.2 Å². The molecule has 0 heterocycles. The summed E-state index contributed by atoms with van der Waals surface area (Å²) in [6, 6.07) is 9.44. The Hall–Kier alpha value is -0.440. The van der Waals surface area contributed by atoms with E-state index < -0.39 is 0 Å². The normalized spacial score (nSPS) is 7.08. The second-order valence-corrected chi connectivity index (χ2v) is 2.13. The molecule has 1 amide bonds. The Labute approximate surface area is 96.1 Å². The second-order valence-electron chi connectivity index (χ2n) is 2.13. The molecule has 0 radical (unpaired) electrons. The molecule has 0 aromatic heterocycles. The van der Waals surface area contributed by atoms with Gasteiger partial charge in [0.1, 0.15) is 0 Å². The van der Waals surface area contributed by atoms with Gasteiger partial charge in [-0.3, -0.25) is 4.79 Å². The lowest BCUT2D eigenvalue weighted by Crippen LogP contribution is -2.13. The van der Waals surface area contributed by atoms with Crippen molar-refractivity contribution in [3.05, 3.63) is 35.9 Å². The highest BCUT2D eigenvalue weighted by Gasteiger charge is 1.94. The van der Waals surface area contributed by atoms with Crippen LogP contribution in [0.5, 0.6) is 0 Å². The molecular formula is C8H12Cl3NO. The first-order valence-electron chi connectivity index (χ1n) is 3.11. The van der Waals surface area contributed by atoms with E-state index in [9.17, 15) is 4.79 Å². The van der Waals surface area contributed by atoms with Crippen LogP contribution >= 0.6 is 37.2 Å². The Balaban J connectivity index is -0.000000333. The van der Waals surface area contributed by atoms with Crippen molar-refractivity contribution in [1.29, 1.82) is 0 Å². The highest BCUT2D eigenvalue weighted by Crippen LogP contribution is 1.97. The maximum absolute atomic E-state index is 10.4. The fourth-order valence-corrected chi connectivity index (χ4v) is 0.797. The lowest BCUT2D eigenvalue weighted by Gasteiger charge is -1.93. The zero-order valence-electron chi connectivity index (χ0n) is 6.80. The van der Waals surface area contributed by atoms with E-state index in [0.717, 1.165) is 5.56 Å². The molecule has 0 saturated heterocycles. The van der Waals surface area contributed by atoms with Crippen LogP contribution in [0, 0.1) is 0 Å². The number of carbonyl (C=O) groups excluding carboxylic acids is 1. The Morgan fingerprint density at radius 2 is 1.54 bits per heavy atom. The zero-order valence-corrected chi connectivity index (χ0v) is 9.25. The summed E-state index contributed by atoms with van der Waals surface area (Å²) in [7, 11) is 0. The standard InChI is InChI=1S/C8H9NO.3ClH/c9-8(10)6-7-4-2-1-3-5-7;;;/h1-5H,6H2,(H2,9,10);3*1H. The van der Waals surface area contributed by atoms with Crippen molar-refractivity contribution >= 4 is 43.1 Å². The van der Waals surface area contributed by atoms with Crippen LogP contribution in [0.15, 0.2) is 30.3 Å². The SMILES string of the molecule is Cl.Cl.Cl.NC(=O)Cc1ccccc1. The molecule has 13 heavy (non-hydrogen) atoms. The average Bonchev–Trinajstić information content (AvgIpc) is 1.88. The Kier molecular flexibility index (Phi) is 13.6. The van der Waals surface area contributed by atoms with Crippen LogP contribution in [0.4, 0.5) is 0 Å². The van der Waals surface area contributed by atoms with Crippen molar-refractivity contribution in [2.75, 3.05) is 0 Å². The van der Waals surface area contributed by atoms with E-state index in [-0.39, 0.29) is 43.1 Å².